The molecule has 0 aliphatic carbocycles. The van der Waals surface area contributed by atoms with E-state index in [2.05, 4.69) is 6.07 Å². The van der Waals surface area contributed by atoms with Gasteiger partial charge in [0, 0.05) is 36.4 Å². The lowest BCUT2D eigenvalue weighted by Crippen LogP contribution is -2.29. The van der Waals surface area contributed by atoms with E-state index in [1.54, 1.807) is 4.90 Å². The van der Waals surface area contributed by atoms with Gasteiger partial charge >= 0.3 is 0 Å². The van der Waals surface area contributed by atoms with Crippen molar-refractivity contribution in [1.82, 2.24) is 0 Å². The summed E-state index contributed by atoms with van der Waals surface area (Å²) in [5.41, 5.74) is 3.78. The fourth-order valence-corrected chi connectivity index (χ4v) is 3.41. The van der Waals surface area contributed by atoms with Crippen LogP contribution in [0.4, 0.5) is 11.4 Å². The van der Waals surface area contributed by atoms with Crippen molar-refractivity contribution in [2.45, 2.75) is 19.3 Å². The zero-order valence-corrected chi connectivity index (χ0v) is 12.9. The Labute approximate surface area is 135 Å². The molecule has 116 valence electrons. The third kappa shape index (κ3) is 2.40. The molecule has 2 aromatic rings. The third-order valence-corrected chi connectivity index (χ3v) is 4.63. The average molecular weight is 306 g/mol. The van der Waals surface area contributed by atoms with E-state index in [1.807, 2.05) is 47.4 Å². The monoisotopic (exact) mass is 306 g/mol. The summed E-state index contributed by atoms with van der Waals surface area (Å²) in [4.78, 5) is 28.2. The first-order valence-electron chi connectivity index (χ1n) is 8.04. The van der Waals surface area contributed by atoms with Crippen molar-refractivity contribution in [2.75, 3.05) is 22.9 Å². The summed E-state index contributed by atoms with van der Waals surface area (Å²) in [5.74, 6) is 0.187. The second kappa shape index (κ2) is 5.54. The highest BCUT2D eigenvalue weighted by atomic mass is 16.2. The predicted octanol–water partition coefficient (Wildman–Crippen LogP) is 3.02. The van der Waals surface area contributed by atoms with Crippen molar-refractivity contribution in [3.8, 4) is 0 Å². The van der Waals surface area contributed by atoms with E-state index in [0.29, 0.717) is 12.0 Å². The Morgan fingerprint density at radius 3 is 2.43 bits per heavy atom. The molecule has 2 aliphatic heterocycles. The largest absolute Gasteiger partial charge is 0.312 e. The average Bonchev–Trinajstić information content (AvgIpc) is 3.20. The maximum absolute atomic E-state index is 12.8. The highest BCUT2D eigenvalue weighted by Crippen LogP contribution is 2.29. The molecule has 0 radical (unpaired) electrons. The van der Waals surface area contributed by atoms with E-state index in [4.69, 9.17) is 0 Å². The van der Waals surface area contributed by atoms with Gasteiger partial charge in [0.2, 0.25) is 5.91 Å². The van der Waals surface area contributed by atoms with Gasteiger partial charge in [-0.2, -0.15) is 0 Å². The van der Waals surface area contributed by atoms with Crippen molar-refractivity contribution >= 4 is 23.2 Å². The predicted molar refractivity (Wildman–Crippen MR) is 89.9 cm³/mol. The van der Waals surface area contributed by atoms with Crippen molar-refractivity contribution in [1.29, 1.82) is 0 Å². The zero-order chi connectivity index (χ0) is 15.8. The quantitative estimate of drug-likeness (QED) is 0.855. The molecule has 0 aromatic heterocycles. The maximum Gasteiger partial charge on any atom is 0.258 e. The Morgan fingerprint density at radius 2 is 1.70 bits per heavy atom. The SMILES string of the molecule is O=C1CCCN1c1ccc(C(=O)N2CCc3ccccc32)cc1. The molecule has 0 unspecified atom stereocenters. The van der Waals surface area contributed by atoms with E-state index in [0.717, 1.165) is 37.3 Å². The molecule has 0 bridgehead atoms. The molecule has 1 saturated heterocycles. The molecule has 0 N–H and O–H groups in total. The van der Waals surface area contributed by atoms with Crippen LogP contribution in [0.2, 0.25) is 0 Å². The summed E-state index contributed by atoms with van der Waals surface area (Å²) in [7, 11) is 0. The third-order valence-electron chi connectivity index (χ3n) is 4.63. The zero-order valence-electron chi connectivity index (χ0n) is 12.9. The molecular formula is C19H18N2O2. The number of nitrogens with zero attached hydrogens (tertiary/aromatic N) is 2. The van der Waals surface area contributed by atoms with Crippen molar-refractivity contribution in [3.05, 3.63) is 59.7 Å². The summed E-state index contributed by atoms with van der Waals surface area (Å²) >= 11 is 0. The number of amides is 2. The Kier molecular flexibility index (Phi) is 3.37. The standard InChI is InChI=1S/C19H18N2O2/c22-18-6-3-12-20(18)16-9-7-15(8-10-16)19(23)21-13-11-14-4-1-2-5-17(14)21/h1-2,4-5,7-10H,3,6,11-13H2. The Bertz CT molecular complexity index is 767. The van der Waals surface area contributed by atoms with Crippen molar-refractivity contribution in [3.63, 3.8) is 0 Å². The van der Waals surface area contributed by atoms with Crippen LogP contribution in [-0.4, -0.2) is 24.9 Å². The topological polar surface area (TPSA) is 40.6 Å². The Morgan fingerprint density at radius 1 is 0.913 bits per heavy atom. The van der Waals surface area contributed by atoms with Gasteiger partial charge in [-0.15, -0.1) is 0 Å². The van der Waals surface area contributed by atoms with Gasteiger partial charge in [0.25, 0.3) is 5.91 Å². The second-order valence-corrected chi connectivity index (χ2v) is 6.03. The van der Waals surface area contributed by atoms with Gasteiger partial charge in [-0.25, -0.2) is 0 Å². The number of rotatable bonds is 2. The molecule has 4 heteroatoms. The van der Waals surface area contributed by atoms with Gasteiger partial charge in [0.15, 0.2) is 0 Å². The Balaban J connectivity index is 1.57. The first kappa shape index (κ1) is 14.0. The second-order valence-electron chi connectivity index (χ2n) is 6.03. The molecule has 0 atom stereocenters. The maximum atomic E-state index is 12.8. The van der Waals surface area contributed by atoms with E-state index < -0.39 is 0 Å². The van der Waals surface area contributed by atoms with E-state index in [9.17, 15) is 9.59 Å². The van der Waals surface area contributed by atoms with Crippen LogP contribution in [0.15, 0.2) is 48.5 Å². The lowest BCUT2D eigenvalue weighted by molar-refractivity contribution is -0.117. The van der Waals surface area contributed by atoms with Crippen LogP contribution in [0.25, 0.3) is 0 Å². The van der Waals surface area contributed by atoms with E-state index in [-0.39, 0.29) is 11.8 Å². The minimum atomic E-state index is 0.0225. The highest BCUT2D eigenvalue weighted by molar-refractivity contribution is 6.07. The Hall–Kier alpha value is -2.62. The van der Waals surface area contributed by atoms with Crippen LogP contribution in [0.1, 0.15) is 28.8 Å². The smallest absolute Gasteiger partial charge is 0.258 e. The summed E-state index contributed by atoms with van der Waals surface area (Å²) in [6, 6.07) is 15.4. The molecule has 2 amide bonds. The number of para-hydroxylation sites is 1. The number of fused-ring (bicyclic) bond motifs is 1. The van der Waals surface area contributed by atoms with E-state index >= 15 is 0 Å². The number of benzene rings is 2. The van der Waals surface area contributed by atoms with Crippen LogP contribution in [0, 0.1) is 0 Å². The van der Waals surface area contributed by atoms with Crippen LogP contribution in [-0.2, 0) is 11.2 Å². The van der Waals surface area contributed by atoms with Crippen molar-refractivity contribution < 1.29 is 9.59 Å². The summed E-state index contributed by atoms with van der Waals surface area (Å²) in [5, 5.41) is 0. The van der Waals surface area contributed by atoms with Gasteiger partial charge in [-0.05, 0) is 48.7 Å². The van der Waals surface area contributed by atoms with Gasteiger partial charge in [-0.3, -0.25) is 9.59 Å². The fraction of sp³-hybridized carbons (Fsp3) is 0.263. The summed E-state index contributed by atoms with van der Waals surface area (Å²) in [6.07, 6.45) is 2.43. The number of hydrogen-bond donors (Lipinski definition) is 0. The lowest BCUT2D eigenvalue weighted by Gasteiger charge is -2.19. The fourth-order valence-electron chi connectivity index (χ4n) is 3.41. The van der Waals surface area contributed by atoms with Crippen LogP contribution in [0.5, 0.6) is 0 Å². The van der Waals surface area contributed by atoms with Gasteiger partial charge in [-0.1, -0.05) is 18.2 Å². The normalized spacial score (nSPS) is 16.8. The first-order valence-corrected chi connectivity index (χ1v) is 8.04. The number of carbonyl (C=O) groups excluding carboxylic acids is 2. The lowest BCUT2D eigenvalue weighted by atomic mass is 10.1. The molecule has 2 heterocycles. The van der Waals surface area contributed by atoms with Gasteiger partial charge in [0.05, 0.1) is 0 Å². The summed E-state index contributed by atoms with van der Waals surface area (Å²) < 4.78 is 0. The van der Waals surface area contributed by atoms with Gasteiger partial charge in [0.1, 0.15) is 0 Å². The molecule has 4 nitrogen and oxygen atoms in total. The molecule has 1 fully saturated rings. The van der Waals surface area contributed by atoms with E-state index in [1.165, 1.54) is 5.56 Å². The molecule has 23 heavy (non-hydrogen) atoms. The van der Waals surface area contributed by atoms with Crippen LogP contribution in [0.3, 0.4) is 0 Å². The molecule has 2 aliphatic rings. The van der Waals surface area contributed by atoms with Crippen LogP contribution >= 0.6 is 0 Å². The molecule has 2 aromatic carbocycles. The molecule has 0 saturated carbocycles. The minimum absolute atomic E-state index is 0.0225. The highest BCUT2D eigenvalue weighted by Gasteiger charge is 2.26. The minimum Gasteiger partial charge on any atom is -0.312 e. The summed E-state index contributed by atoms with van der Waals surface area (Å²) in [6.45, 7) is 1.50. The molecule has 4 rings (SSSR count). The van der Waals surface area contributed by atoms with Gasteiger partial charge < -0.3 is 9.80 Å². The number of carbonyl (C=O) groups is 2. The molecular weight excluding hydrogens is 288 g/mol. The number of hydrogen-bond acceptors (Lipinski definition) is 2. The number of anilines is 2. The van der Waals surface area contributed by atoms with Crippen molar-refractivity contribution in [2.24, 2.45) is 0 Å². The first-order chi connectivity index (χ1) is 11.2. The van der Waals surface area contributed by atoms with Crippen LogP contribution < -0.4 is 9.80 Å². The molecule has 0 spiro atoms.